The summed E-state index contributed by atoms with van der Waals surface area (Å²) in [6, 6.07) is 11.0. The molecule has 0 radical (unpaired) electrons. The molecule has 0 saturated heterocycles. The van der Waals surface area contributed by atoms with Gasteiger partial charge >= 0.3 is 0 Å². The zero-order chi connectivity index (χ0) is 18.4. The Morgan fingerprint density at radius 1 is 1.24 bits per heavy atom. The van der Waals surface area contributed by atoms with Crippen LogP contribution in [0.25, 0.3) is 0 Å². The minimum absolute atomic E-state index is 0.0893. The molecule has 2 rings (SSSR count). The highest BCUT2D eigenvalue weighted by Crippen LogP contribution is 2.21. The number of rotatable bonds is 7. The molecule has 0 unspecified atom stereocenters. The molecule has 0 aliphatic heterocycles. The Hall–Kier alpha value is -2.78. The van der Waals surface area contributed by atoms with E-state index in [1.165, 1.54) is 18.3 Å². The highest BCUT2D eigenvalue weighted by Gasteiger charge is 2.17. The second-order valence-electron chi connectivity index (χ2n) is 5.25. The van der Waals surface area contributed by atoms with Gasteiger partial charge in [-0.3, -0.25) is 19.8 Å². The number of aliphatic hydroxyl groups is 1. The summed E-state index contributed by atoms with van der Waals surface area (Å²) in [4.78, 5) is 14.1. The number of nitrogens with zero attached hydrogens (tertiary/aromatic N) is 2. The molecule has 0 bridgehead atoms. The molecule has 0 spiro atoms. The van der Waals surface area contributed by atoms with Gasteiger partial charge in [-0.05, 0) is 25.1 Å². The first-order valence-corrected chi connectivity index (χ1v) is 8.82. The molecule has 1 atom stereocenters. The van der Waals surface area contributed by atoms with E-state index in [4.69, 9.17) is 5.11 Å². The third-order valence-electron chi connectivity index (χ3n) is 3.30. The minimum Gasteiger partial charge on any atom is -0.394 e. The van der Waals surface area contributed by atoms with Gasteiger partial charge in [0.05, 0.1) is 28.2 Å². The first kappa shape index (κ1) is 18.6. The van der Waals surface area contributed by atoms with E-state index in [0.29, 0.717) is 11.3 Å². The second-order valence-corrected chi connectivity index (χ2v) is 6.94. The van der Waals surface area contributed by atoms with Crippen molar-refractivity contribution < 1.29 is 18.4 Å². The van der Waals surface area contributed by atoms with E-state index < -0.39 is 14.9 Å². The van der Waals surface area contributed by atoms with Gasteiger partial charge in [0.25, 0.3) is 15.7 Å². The highest BCUT2D eigenvalue weighted by molar-refractivity contribution is 7.92. The van der Waals surface area contributed by atoms with Crippen molar-refractivity contribution in [2.75, 3.05) is 11.3 Å². The Morgan fingerprint density at radius 2 is 1.88 bits per heavy atom. The van der Waals surface area contributed by atoms with E-state index >= 15 is 0 Å². The number of nitrogens with one attached hydrogen (secondary N) is 1. The van der Waals surface area contributed by atoms with E-state index in [1.54, 1.807) is 31.2 Å². The van der Waals surface area contributed by atoms with Crippen molar-refractivity contribution >= 4 is 27.6 Å². The fourth-order valence-electron chi connectivity index (χ4n) is 1.91. The van der Waals surface area contributed by atoms with Crippen LogP contribution in [0.5, 0.6) is 0 Å². The van der Waals surface area contributed by atoms with Crippen LogP contribution < -0.4 is 4.72 Å². The van der Waals surface area contributed by atoms with Crippen LogP contribution in [0.2, 0.25) is 0 Å². The van der Waals surface area contributed by atoms with Crippen molar-refractivity contribution in [3.63, 3.8) is 0 Å². The van der Waals surface area contributed by atoms with Crippen LogP contribution in [-0.4, -0.2) is 37.3 Å². The van der Waals surface area contributed by atoms with Gasteiger partial charge in [0.2, 0.25) is 0 Å². The van der Waals surface area contributed by atoms with Crippen molar-refractivity contribution in [1.29, 1.82) is 0 Å². The van der Waals surface area contributed by atoms with Crippen LogP contribution in [0.1, 0.15) is 12.5 Å². The molecule has 0 aliphatic carbocycles. The van der Waals surface area contributed by atoms with Crippen molar-refractivity contribution in [2.24, 2.45) is 4.99 Å². The molecule has 25 heavy (non-hydrogen) atoms. The zero-order valence-corrected chi connectivity index (χ0v) is 14.2. The molecule has 0 saturated carbocycles. The van der Waals surface area contributed by atoms with Gasteiger partial charge in [0.1, 0.15) is 0 Å². The summed E-state index contributed by atoms with van der Waals surface area (Å²) in [5.41, 5.74) is 0.660. The number of nitro groups is 1. The number of aliphatic imine (C=N–C) groups is 1. The molecular weight excluding hydrogens is 346 g/mol. The summed E-state index contributed by atoms with van der Waals surface area (Å²) in [5, 5.41) is 19.7. The third kappa shape index (κ3) is 4.85. The molecule has 0 amide bonds. The molecule has 9 heteroatoms. The Labute approximate surface area is 145 Å². The molecule has 0 heterocycles. The number of aliphatic hydroxyl groups excluding tert-OH is 1. The molecular formula is C16H17N3O5S. The second kappa shape index (κ2) is 7.86. The van der Waals surface area contributed by atoms with Gasteiger partial charge in [-0.1, -0.05) is 18.2 Å². The summed E-state index contributed by atoms with van der Waals surface area (Å²) in [6.45, 7) is 1.60. The maximum Gasteiger partial charge on any atom is 0.269 e. The van der Waals surface area contributed by atoms with Crippen molar-refractivity contribution in [1.82, 2.24) is 0 Å². The predicted molar refractivity (Wildman–Crippen MR) is 94.5 cm³/mol. The van der Waals surface area contributed by atoms with Gasteiger partial charge in [-0.2, -0.15) is 0 Å². The van der Waals surface area contributed by atoms with Crippen molar-refractivity contribution in [3.8, 4) is 0 Å². The highest BCUT2D eigenvalue weighted by atomic mass is 32.2. The SMILES string of the molecule is C[C@H](CO)/N=C/c1ccccc1NS(=O)(=O)c1ccc([N+](=O)[O-])cc1. The number of non-ortho nitro benzene ring substituents is 1. The van der Waals surface area contributed by atoms with Gasteiger partial charge < -0.3 is 5.11 Å². The lowest BCUT2D eigenvalue weighted by Gasteiger charge is -2.11. The molecule has 0 aromatic heterocycles. The average Bonchev–Trinajstić information content (AvgIpc) is 2.60. The molecule has 2 aromatic rings. The summed E-state index contributed by atoms with van der Waals surface area (Å²) < 4.78 is 27.4. The fourth-order valence-corrected chi connectivity index (χ4v) is 3.00. The van der Waals surface area contributed by atoms with Crippen LogP contribution in [0, 0.1) is 10.1 Å². The maximum absolute atomic E-state index is 12.5. The molecule has 2 N–H and O–H groups in total. The smallest absolute Gasteiger partial charge is 0.269 e. The summed E-state index contributed by atoms with van der Waals surface area (Å²) in [7, 11) is -3.91. The number of anilines is 1. The van der Waals surface area contributed by atoms with E-state index in [1.807, 2.05) is 0 Å². The van der Waals surface area contributed by atoms with Crippen LogP contribution in [-0.2, 0) is 10.0 Å². The van der Waals surface area contributed by atoms with Gasteiger partial charge in [0.15, 0.2) is 0 Å². The largest absolute Gasteiger partial charge is 0.394 e. The number of sulfonamides is 1. The quantitative estimate of drug-likeness (QED) is 0.443. The summed E-state index contributed by atoms with van der Waals surface area (Å²) in [5.74, 6) is 0. The Morgan fingerprint density at radius 3 is 2.48 bits per heavy atom. The number of hydrogen-bond acceptors (Lipinski definition) is 6. The van der Waals surface area contributed by atoms with Crippen molar-refractivity contribution in [3.05, 3.63) is 64.2 Å². The molecule has 132 valence electrons. The minimum atomic E-state index is -3.91. The lowest BCUT2D eigenvalue weighted by Crippen LogP contribution is -2.14. The normalized spacial score (nSPS) is 12.9. The lowest BCUT2D eigenvalue weighted by molar-refractivity contribution is -0.384. The summed E-state index contributed by atoms with van der Waals surface area (Å²) >= 11 is 0. The van der Waals surface area contributed by atoms with Crippen LogP contribution in [0.15, 0.2) is 58.4 Å². The van der Waals surface area contributed by atoms with Crippen LogP contribution in [0.3, 0.4) is 0 Å². The third-order valence-corrected chi connectivity index (χ3v) is 4.68. The van der Waals surface area contributed by atoms with E-state index in [9.17, 15) is 18.5 Å². The number of para-hydroxylation sites is 1. The number of benzene rings is 2. The van der Waals surface area contributed by atoms with Crippen LogP contribution >= 0.6 is 0 Å². The fraction of sp³-hybridized carbons (Fsp3) is 0.188. The predicted octanol–water partition coefficient (Wildman–Crippen LogP) is 2.20. The zero-order valence-electron chi connectivity index (χ0n) is 13.4. The van der Waals surface area contributed by atoms with Crippen molar-refractivity contribution in [2.45, 2.75) is 17.9 Å². The van der Waals surface area contributed by atoms with E-state index in [-0.39, 0.29) is 23.2 Å². The number of nitro benzene ring substituents is 1. The molecule has 0 aliphatic rings. The maximum atomic E-state index is 12.5. The Balaban J connectivity index is 2.29. The Bertz CT molecular complexity index is 879. The standard InChI is InChI=1S/C16H17N3O5S/c1-12(11-20)17-10-13-4-2-3-5-16(13)18-25(23,24)15-8-6-14(7-9-15)19(21)22/h2-10,12,18,20H,11H2,1H3/b17-10+/t12-/m1/s1. The Kier molecular flexibility index (Phi) is 5.84. The first-order valence-electron chi connectivity index (χ1n) is 7.34. The average molecular weight is 363 g/mol. The number of hydrogen-bond donors (Lipinski definition) is 2. The topological polar surface area (TPSA) is 122 Å². The van der Waals surface area contributed by atoms with Gasteiger partial charge in [-0.15, -0.1) is 0 Å². The van der Waals surface area contributed by atoms with Crippen LogP contribution in [0.4, 0.5) is 11.4 Å². The van der Waals surface area contributed by atoms with Gasteiger partial charge in [-0.25, -0.2) is 8.42 Å². The first-order chi connectivity index (χ1) is 11.8. The van der Waals surface area contributed by atoms with Gasteiger partial charge in [0, 0.05) is 23.9 Å². The van der Waals surface area contributed by atoms with E-state index in [0.717, 1.165) is 12.1 Å². The summed E-state index contributed by atoms with van der Waals surface area (Å²) in [6.07, 6.45) is 1.48. The van der Waals surface area contributed by atoms with E-state index in [2.05, 4.69) is 9.71 Å². The monoisotopic (exact) mass is 363 g/mol. The molecule has 0 fully saturated rings. The molecule has 2 aromatic carbocycles. The molecule has 8 nitrogen and oxygen atoms in total. The lowest BCUT2D eigenvalue weighted by atomic mass is 10.2.